The first-order chi connectivity index (χ1) is 17.1. The van der Waals surface area contributed by atoms with Crippen molar-refractivity contribution in [2.45, 2.75) is 19.3 Å². The lowest BCUT2D eigenvalue weighted by Crippen LogP contribution is -2.33. The number of carbonyl (C=O) groups excluding carboxylic acids is 1. The van der Waals surface area contributed by atoms with Crippen LogP contribution in [0.2, 0.25) is 0 Å². The molecule has 0 unspecified atom stereocenters. The Morgan fingerprint density at radius 2 is 1.71 bits per heavy atom. The fourth-order valence-electron chi connectivity index (χ4n) is 5.20. The van der Waals surface area contributed by atoms with Gasteiger partial charge in [-0.05, 0) is 92.2 Å². The molecule has 1 aliphatic carbocycles. The maximum Gasteiger partial charge on any atom is 0.195 e. The monoisotopic (exact) mass is 468 g/mol. The van der Waals surface area contributed by atoms with Gasteiger partial charge in [0.2, 0.25) is 0 Å². The third kappa shape index (κ3) is 3.94. The van der Waals surface area contributed by atoms with Gasteiger partial charge in [-0.3, -0.25) is 9.69 Å². The number of rotatable bonds is 5. The summed E-state index contributed by atoms with van der Waals surface area (Å²) in [7, 11) is 0. The van der Waals surface area contributed by atoms with E-state index < -0.39 is 5.82 Å². The zero-order chi connectivity index (χ0) is 23.9. The molecule has 176 valence electrons. The number of benzene rings is 3. The number of carbonyl (C=O) groups is 1. The standard InChI is InChI=1S/C29H25FN2O3/c30-19-6-11-25-24(16-19)27-26(22-10-7-20(33)17-23(22)29(27)34)28(31-25)18-4-8-21(9-5-18)35-15-14-32-12-2-1-3-13-32/h4-11,16-17,33H,1-3,12-15H2. The summed E-state index contributed by atoms with van der Waals surface area (Å²) >= 11 is 0. The molecule has 0 atom stereocenters. The van der Waals surface area contributed by atoms with Crippen molar-refractivity contribution in [2.75, 3.05) is 26.2 Å². The average Bonchev–Trinajstić information content (AvgIpc) is 3.17. The summed E-state index contributed by atoms with van der Waals surface area (Å²) in [5, 5.41) is 10.5. The van der Waals surface area contributed by atoms with E-state index in [0.717, 1.165) is 30.9 Å². The third-order valence-corrected chi connectivity index (χ3v) is 6.94. The molecule has 1 saturated heterocycles. The van der Waals surface area contributed by atoms with Crippen molar-refractivity contribution in [2.24, 2.45) is 0 Å². The number of fused-ring (bicyclic) bond motifs is 5. The highest BCUT2D eigenvalue weighted by Crippen LogP contribution is 2.46. The number of likely N-dealkylation sites (tertiary alicyclic amines) is 1. The van der Waals surface area contributed by atoms with Crippen molar-refractivity contribution in [3.63, 3.8) is 0 Å². The van der Waals surface area contributed by atoms with E-state index >= 15 is 0 Å². The van der Waals surface area contributed by atoms with Crippen LogP contribution in [0, 0.1) is 5.82 Å². The second-order valence-electron chi connectivity index (χ2n) is 9.21. The van der Waals surface area contributed by atoms with Gasteiger partial charge in [-0.25, -0.2) is 9.37 Å². The van der Waals surface area contributed by atoms with Crippen LogP contribution in [-0.2, 0) is 0 Å². The molecule has 1 aromatic heterocycles. The summed E-state index contributed by atoms with van der Waals surface area (Å²) in [6.07, 6.45) is 3.84. The van der Waals surface area contributed by atoms with Crippen LogP contribution in [-0.4, -0.2) is 47.0 Å². The van der Waals surface area contributed by atoms with Crippen molar-refractivity contribution < 1.29 is 19.0 Å². The van der Waals surface area contributed by atoms with Gasteiger partial charge in [-0.15, -0.1) is 0 Å². The Bertz CT molecular complexity index is 1440. The van der Waals surface area contributed by atoms with E-state index in [4.69, 9.17) is 9.72 Å². The number of phenolic OH excluding ortho intramolecular Hbond substituents is 1. The number of nitrogens with zero attached hydrogens (tertiary/aromatic N) is 2. The predicted molar refractivity (Wildman–Crippen MR) is 133 cm³/mol. The summed E-state index contributed by atoms with van der Waals surface area (Å²) in [6, 6.07) is 16.8. The largest absolute Gasteiger partial charge is 0.508 e. The molecule has 2 heterocycles. The first kappa shape index (κ1) is 21.7. The second kappa shape index (κ2) is 8.78. The lowest BCUT2D eigenvalue weighted by molar-refractivity contribution is 0.104. The number of ketones is 1. The van der Waals surface area contributed by atoms with Crippen molar-refractivity contribution in [1.29, 1.82) is 0 Å². The average molecular weight is 469 g/mol. The molecule has 2 aliphatic rings. The van der Waals surface area contributed by atoms with Crippen molar-refractivity contribution >= 4 is 16.7 Å². The minimum Gasteiger partial charge on any atom is -0.508 e. The zero-order valence-corrected chi connectivity index (χ0v) is 19.3. The van der Waals surface area contributed by atoms with Crippen molar-refractivity contribution in [3.8, 4) is 33.9 Å². The minimum absolute atomic E-state index is 0.0148. The highest BCUT2D eigenvalue weighted by molar-refractivity contribution is 6.28. The Morgan fingerprint density at radius 3 is 2.51 bits per heavy atom. The van der Waals surface area contributed by atoms with E-state index in [-0.39, 0.29) is 11.5 Å². The number of halogens is 1. The summed E-state index contributed by atoms with van der Waals surface area (Å²) in [5.41, 5.74) is 4.22. The number of phenols is 1. The molecule has 1 aliphatic heterocycles. The van der Waals surface area contributed by atoms with Gasteiger partial charge in [-0.2, -0.15) is 0 Å². The summed E-state index contributed by atoms with van der Waals surface area (Å²) in [6.45, 7) is 3.84. The molecule has 0 radical (unpaired) electrons. The molecule has 1 fully saturated rings. The van der Waals surface area contributed by atoms with E-state index in [1.165, 1.54) is 37.5 Å². The van der Waals surface area contributed by atoms with E-state index in [2.05, 4.69) is 4.90 Å². The van der Waals surface area contributed by atoms with Crippen LogP contribution < -0.4 is 4.74 Å². The maximum atomic E-state index is 14.1. The van der Waals surface area contributed by atoms with E-state index in [1.807, 2.05) is 24.3 Å². The maximum absolute atomic E-state index is 14.1. The fraction of sp³-hybridized carbons (Fsp3) is 0.241. The van der Waals surface area contributed by atoms with Gasteiger partial charge in [0, 0.05) is 34.2 Å². The molecular formula is C29H25FN2O3. The molecule has 0 saturated carbocycles. The molecule has 1 N–H and O–H groups in total. The van der Waals surface area contributed by atoms with Gasteiger partial charge in [-0.1, -0.05) is 6.42 Å². The number of piperidine rings is 1. The Balaban J connectivity index is 1.37. The highest BCUT2D eigenvalue weighted by Gasteiger charge is 2.33. The third-order valence-electron chi connectivity index (χ3n) is 6.94. The Kier molecular flexibility index (Phi) is 5.46. The molecular weight excluding hydrogens is 443 g/mol. The summed E-state index contributed by atoms with van der Waals surface area (Å²) in [5.74, 6) is 0.141. The van der Waals surface area contributed by atoms with Crippen LogP contribution in [0.5, 0.6) is 11.5 Å². The lowest BCUT2D eigenvalue weighted by atomic mass is 9.96. The number of aromatic hydroxyl groups is 1. The molecule has 3 aromatic carbocycles. The molecule has 0 amide bonds. The predicted octanol–water partition coefficient (Wildman–Crippen LogP) is 5.82. The van der Waals surface area contributed by atoms with Crippen LogP contribution in [0.25, 0.3) is 33.3 Å². The van der Waals surface area contributed by atoms with Gasteiger partial charge in [0.05, 0.1) is 11.2 Å². The van der Waals surface area contributed by atoms with Gasteiger partial charge in [0.15, 0.2) is 5.78 Å². The summed E-state index contributed by atoms with van der Waals surface area (Å²) < 4.78 is 20.1. The first-order valence-electron chi connectivity index (χ1n) is 12.1. The number of hydrogen-bond acceptors (Lipinski definition) is 5. The smallest absolute Gasteiger partial charge is 0.195 e. The molecule has 6 rings (SSSR count). The Hall–Kier alpha value is -3.77. The van der Waals surface area contributed by atoms with Crippen molar-refractivity contribution in [3.05, 3.63) is 77.6 Å². The van der Waals surface area contributed by atoms with Crippen LogP contribution in [0.15, 0.2) is 60.7 Å². The number of aromatic nitrogens is 1. The molecule has 35 heavy (non-hydrogen) atoms. The van der Waals surface area contributed by atoms with E-state index in [1.54, 1.807) is 18.2 Å². The van der Waals surface area contributed by atoms with E-state index in [9.17, 15) is 14.3 Å². The molecule has 4 aromatic rings. The molecule has 5 nitrogen and oxygen atoms in total. The van der Waals surface area contributed by atoms with Crippen LogP contribution in [0.4, 0.5) is 4.39 Å². The normalized spacial score (nSPS) is 15.3. The Morgan fingerprint density at radius 1 is 0.914 bits per heavy atom. The van der Waals surface area contributed by atoms with Crippen LogP contribution in [0.1, 0.15) is 35.2 Å². The SMILES string of the molecule is O=C1c2cc(O)ccc2-c2c(-c3ccc(OCCN4CCCCC4)cc3)nc3ccc(F)cc3c21. The van der Waals surface area contributed by atoms with Gasteiger partial charge in [0.25, 0.3) is 0 Å². The van der Waals surface area contributed by atoms with Crippen LogP contribution >= 0.6 is 0 Å². The lowest BCUT2D eigenvalue weighted by Gasteiger charge is -2.26. The number of pyridine rings is 1. The van der Waals surface area contributed by atoms with Gasteiger partial charge in [0.1, 0.15) is 23.9 Å². The summed E-state index contributed by atoms with van der Waals surface area (Å²) in [4.78, 5) is 20.6. The topological polar surface area (TPSA) is 62.7 Å². The van der Waals surface area contributed by atoms with Gasteiger partial charge >= 0.3 is 0 Å². The molecule has 0 spiro atoms. The van der Waals surface area contributed by atoms with E-state index in [0.29, 0.717) is 45.5 Å². The fourth-order valence-corrected chi connectivity index (χ4v) is 5.20. The molecule has 0 bridgehead atoms. The van der Waals surface area contributed by atoms with Gasteiger partial charge < -0.3 is 9.84 Å². The minimum atomic E-state index is -0.424. The molecule has 6 heteroatoms. The Labute approximate surface area is 202 Å². The number of ether oxygens (including phenoxy) is 1. The zero-order valence-electron chi connectivity index (χ0n) is 19.3. The highest BCUT2D eigenvalue weighted by atomic mass is 19.1. The first-order valence-corrected chi connectivity index (χ1v) is 12.1. The van der Waals surface area contributed by atoms with Crippen LogP contribution in [0.3, 0.4) is 0 Å². The quantitative estimate of drug-likeness (QED) is 0.352. The second-order valence-corrected chi connectivity index (χ2v) is 9.21. The number of hydrogen-bond donors (Lipinski definition) is 1. The van der Waals surface area contributed by atoms with Crippen molar-refractivity contribution in [1.82, 2.24) is 9.88 Å².